The molecule has 6 heteroatoms. The van der Waals surface area contributed by atoms with E-state index in [0.717, 1.165) is 35.0 Å². The number of benzene rings is 1. The van der Waals surface area contributed by atoms with Crippen LogP contribution in [0, 0.1) is 11.7 Å². The first-order valence-corrected chi connectivity index (χ1v) is 8.68. The molecule has 3 aromatic rings. The van der Waals surface area contributed by atoms with E-state index in [1.54, 1.807) is 12.3 Å². The van der Waals surface area contributed by atoms with Crippen molar-refractivity contribution in [2.75, 3.05) is 5.43 Å². The van der Waals surface area contributed by atoms with Gasteiger partial charge >= 0.3 is 0 Å². The van der Waals surface area contributed by atoms with Crippen LogP contribution in [-0.2, 0) is 0 Å². The van der Waals surface area contributed by atoms with Gasteiger partial charge in [0.1, 0.15) is 5.82 Å². The summed E-state index contributed by atoms with van der Waals surface area (Å²) < 4.78 is 15.7. The number of primary amides is 1. The van der Waals surface area contributed by atoms with Gasteiger partial charge in [0, 0.05) is 29.2 Å². The maximum Gasteiger partial charge on any atom is 0.252 e. The molecular weight excluding hydrogens is 319 g/mol. The predicted molar refractivity (Wildman–Crippen MR) is 96.5 cm³/mol. The molecule has 2 aromatic heterocycles. The molecule has 1 aliphatic carbocycles. The third-order valence-corrected chi connectivity index (χ3v) is 5.22. The number of carbonyl (C=O) groups excluding carboxylic acids is 1. The lowest BCUT2D eigenvalue weighted by atomic mass is 9.88. The molecule has 0 atom stereocenters. The quantitative estimate of drug-likeness (QED) is 0.766. The molecule has 3 N–H and O–H groups in total. The molecule has 0 unspecified atom stereocenters. The fraction of sp³-hybridized carbons (Fsp3) is 0.368. The molecule has 1 aliphatic rings. The van der Waals surface area contributed by atoms with Crippen LogP contribution in [0.25, 0.3) is 21.8 Å². The zero-order chi connectivity index (χ0) is 17.6. The predicted octanol–water partition coefficient (Wildman–Crippen LogP) is 3.55. The molecule has 0 saturated heterocycles. The van der Waals surface area contributed by atoms with E-state index in [4.69, 9.17) is 5.73 Å². The van der Waals surface area contributed by atoms with Gasteiger partial charge in [-0.2, -0.15) is 0 Å². The number of amides is 1. The Kier molecular flexibility index (Phi) is 3.82. The number of carbonyl (C=O) groups is 1. The first-order chi connectivity index (χ1) is 12.0. The average Bonchev–Trinajstić information content (AvgIpc) is 2.90. The van der Waals surface area contributed by atoms with Crippen molar-refractivity contribution in [2.45, 2.75) is 38.6 Å². The van der Waals surface area contributed by atoms with E-state index in [9.17, 15) is 9.18 Å². The summed E-state index contributed by atoms with van der Waals surface area (Å²) in [6.07, 6.45) is 7.62. The molecule has 1 amide bonds. The normalized spacial score (nSPS) is 20.9. The van der Waals surface area contributed by atoms with Crippen LogP contribution >= 0.6 is 0 Å². The highest BCUT2D eigenvalue weighted by Crippen LogP contribution is 2.32. The number of fused-ring (bicyclic) bond motifs is 3. The van der Waals surface area contributed by atoms with E-state index in [2.05, 4.69) is 17.3 Å². The SMILES string of the molecule is CC1CCC(Nn2c3ccc(F)cc3c3cncc(C(N)=O)c32)CC1. The number of aromatic nitrogens is 2. The summed E-state index contributed by atoms with van der Waals surface area (Å²) >= 11 is 0. The van der Waals surface area contributed by atoms with Crippen LogP contribution in [-0.4, -0.2) is 21.6 Å². The van der Waals surface area contributed by atoms with Gasteiger partial charge in [-0.3, -0.25) is 14.5 Å². The van der Waals surface area contributed by atoms with Gasteiger partial charge in [0.25, 0.3) is 5.91 Å². The maximum atomic E-state index is 13.8. The van der Waals surface area contributed by atoms with Crippen LogP contribution in [0.1, 0.15) is 43.0 Å². The highest BCUT2D eigenvalue weighted by Gasteiger charge is 2.22. The summed E-state index contributed by atoms with van der Waals surface area (Å²) in [6.45, 7) is 2.27. The summed E-state index contributed by atoms with van der Waals surface area (Å²) in [5.74, 6) is -0.111. The van der Waals surface area contributed by atoms with Crippen molar-refractivity contribution in [1.29, 1.82) is 0 Å². The second-order valence-electron chi connectivity index (χ2n) is 7.03. The number of hydrogen-bond acceptors (Lipinski definition) is 3. The third kappa shape index (κ3) is 2.71. The second-order valence-corrected chi connectivity index (χ2v) is 7.03. The Balaban J connectivity index is 1.91. The number of nitrogens with one attached hydrogen (secondary N) is 1. The standard InChI is InChI=1S/C19H21FN4O/c1-11-2-5-13(6-3-11)23-24-17-7-4-12(20)8-14(17)15-9-22-10-16(18(15)24)19(21)25/h4,7-11,13,23H,2-3,5-6H2,1H3,(H2,21,25). The van der Waals surface area contributed by atoms with E-state index >= 15 is 0 Å². The number of rotatable bonds is 3. The van der Waals surface area contributed by atoms with Crippen molar-refractivity contribution in [1.82, 2.24) is 9.66 Å². The zero-order valence-corrected chi connectivity index (χ0v) is 14.1. The Morgan fingerprint density at radius 3 is 2.72 bits per heavy atom. The number of hydrogen-bond donors (Lipinski definition) is 2. The number of pyridine rings is 1. The molecule has 1 aromatic carbocycles. The Bertz CT molecular complexity index is 957. The van der Waals surface area contributed by atoms with Gasteiger partial charge in [-0.15, -0.1) is 0 Å². The Morgan fingerprint density at radius 2 is 2.00 bits per heavy atom. The van der Waals surface area contributed by atoms with Crippen LogP contribution in [0.2, 0.25) is 0 Å². The Hall–Kier alpha value is -2.63. The van der Waals surface area contributed by atoms with E-state index in [0.29, 0.717) is 17.1 Å². The minimum atomic E-state index is -0.540. The lowest BCUT2D eigenvalue weighted by Gasteiger charge is -2.28. The molecule has 4 rings (SSSR count). The van der Waals surface area contributed by atoms with E-state index in [1.165, 1.54) is 31.2 Å². The van der Waals surface area contributed by atoms with Crippen LogP contribution in [0.5, 0.6) is 0 Å². The minimum absolute atomic E-state index is 0.314. The molecule has 0 spiro atoms. The van der Waals surface area contributed by atoms with Gasteiger partial charge in [0.15, 0.2) is 0 Å². The minimum Gasteiger partial charge on any atom is -0.365 e. The van der Waals surface area contributed by atoms with Crippen molar-refractivity contribution in [2.24, 2.45) is 11.7 Å². The van der Waals surface area contributed by atoms with Crippen molar-refractivity contribution in [3.63, 3.8) is 0 Å². The molecule has 130 valence electrons. The van der Waals surface area contributed by atoms with Crippen LogP contribution < -0.4 is 11.2 Å². The summed E-state index contributed by atoms with van der Waals surface area (Å²) in [7, 11) is 0. The molecule has 1 fully saturated rings. The van der Waals surface area contributed by atoms with E-state index in [-0.39, 0.29) is 5.82 Å². The van der Waals surface area contributed by atoms with E-state index in [1.807, 2.05) is 4.68 Å². The van der Waals surface area contributed by atoms with Gasteiger partial charge in [-0.25, -0.2) is 4.39 Å². The molecule has 0 bridgehead atoms. The van der Waals surface area contributed by atoms with E-state index < -0.39 is 5.91 Å². The molecular formula is C19H21FN4O. The molecule has 2 heterocycles. The van der Waals surface area contributed by atoms with Gasteiger partial charge in [-0.05, 0) is 49.8 Å². The fourth-order valence-electron chi connectivity index (χ4n) is 3.82. The summed E-state index contributed by atoms with van der Waals surface area (Å²) in [5, 5.41) is 1.45. The lowest BCUT2D eigenvalue weighted by molar-refractivity contribution is 0.100. The van der Waals surface area contributed by atoms with Crippen LogP contribution in [0.3, 0.4) is 0 Å². The average molecular weight is 340 g/mol. The maximum absolute atomic E-state index is 13.8. The number of halogens is 1. The Morgan fingerprint density at radius 1 is 1.24 bits per heavy atom. The molecule has 1 saturated carbocycles. The smallest absolute Gasteiger partial charge is 0.252 e. The van der Waals surface area contributed by atoms with Gasteiger partial charge in [0.05, 0.1) is 16.6 Å². The molecule has 5 nitrogen and oxygen atoms in total. The monoisotopic (exact) mass is 340 g/mol. The number of nitrogens with zero attached hydrogens (tertiary/aromatic N) is 2. The van der Waals surface area contributed by atoms with Gasteiger partial charge in [-0.1, -0.05) is 6.92 Å². The highest BCUT2D eigenvalue weighted by atomic mass is 19.1. The summed E-state index contributed by atoms with van der Waals surface area (Å²) in [5.41, 5.74) is 10.9. The highest BCUT2D eigenvalue weighted by molar-refractivity contribution is 6.15. The lowest BCUT2D eigenvalue weighted by Crippen LogP contribution is -2.32. The van der Waals surface area contributed by atoms with Crippen molar-refractivity contribution < 1.29 is 9.18 Å². The Labute approximate surface area is 145 Å². The van der Waals surface area contributed by atoms with Crippen molar-refractivity contribution in [3.05, 3.63) is 42.0 Å². The second kappa shape index (κ2) is 6.02. The van der Waals surface area contributed by atoms with Crippen LogP contribution in [0.15, 0.2) is 30.6 Å². The molecule has 0 radical (unpaired) electrons. The van der Waals surface area contributed by atoms with Gasteiger partial charge < -0.3 is 11.2 Å². The molecule has 0 aliphatic heterocycles. The topological polar surface area (TPSA) is 72.9 Å². The van der Waals surface area contributed by atoms with Crippen molar-refractivity contribution in [3.8, 4) is 0 Å². The fourth-order valence-corrected chi connectivity index (χ4v) is 3.82. The first kappa shape index (κ1) is 15.9. The number of nitrogens with two attached hydrogens (primary N) is 1. The molecule has 25 heavy (non-hydrogen) atoms. The van der Waals surface area contributed by atoms with Gasteiger partial charge in [0.2, 0.25) is 0 Å². The summed E-state index contributed by atoms with van der Waals surface area (Å²) in [4.78, 5) is 16.0. The summed E-state index contributed by atoms with van der Waals surface area (Å²) in [6, 6.07) is 4.95. The largest absolute Gasteiger partial charge is 0.365 e. The van der Waals surface area contributed by atoms with Crippen molar-refractivity contribution >= 4 is 27.7 Å². The third-order valence-electron chi connectivity index (χ3n) is 5.22. The zero-order valence-electron chi connectivity index (χ0n) is 14.1. The first-order valence-electron chi connectivity index (χ1n) is 8.68. The van der Waals surface area contributed by atoms with Crippen LogP contribution in [0.4, 0.5) is 4.39 Å².